The fraction of sp³-hybridized carbons (Fsp3) is 0.160. The van der Waals surface area contributed by atoms with Crippen LogP contribution < -0.4 is 14.2 Å². The van der Waals surface area contributed by atoms with Crippen LogP contribution in [0.3, 0.4) is 0 Å². The average Bonchev–Trinajstić information content (AvgIpc) is 3.29. The van der Waals surface area contributed by atoms with E-state index in [-0.39, 0.29) is 0 Å². The maximum Gasteiger partial charge on any atom is 0.160 e. The molecule has 0 spiro atoms. The van der Waals surface area contributed by atoms with Crippen LogP contribution in [0.4, 0.5) is 0 Å². The highest BCUT2D eigenvalue weighted by Gasteiger charge is 2.20. The second-order valence-electron chi connectivity index (χ2n) is 7.03. The zero-order valence-corrected chi connectivity index (χ0v) is 19.6. The van der Waals surface area contributed by atoms with Gasteiger partial charge in [0.15, 0.2) is 5.58 Å². The van der Waals surface area contributed by atoms with E-state index in [4.69, 9.17) is 30.2 Å². The summed E-state index contributed by atoms with van der Waals surface area (Å²) in [6.45, 7) is 0.788. The van der Waals surface area contributed by atoms with Crippen LogP contribution in [0.5, 0.6) is 17.2 Å². The number of benzene rings is 3. The first-order chi connectivity index (χ1) is 15.6. The van der Waals surface area contributed by atoms with Crippen LogP contribution in [0.2, 0.25) is 5.02 Å². The summed E-state index contributed by atoms with van der Waals surface area (Å²) in [7, 11) is 1.52. The van der Waals surface area contributed by atoms with Crippen molar-refractivity contribution in [1.29, 1.82) is 0 Å². The van der Waals surface area contributed by atoms with Gasteiger partial charge in [-0.25, -0.2) is 0 Å². The van der Waals surface area contributed by atoms with E-state index < -0.39 is 4.83 Å². The molecule has 5 nitrogen and oxygen atoms in total. The molecular weight excluding hydrogens is 496 g/mol. The predicted octanol–water partition coefficient (Wildman–Crippen LogP) is 6.89. The lowest BCUT2D eigenvalue weighted by atomic mass is 10.2. The molecule has 1 heterocycles. The fourth-order valence-corrected chi connectivity index (χ4v) is 3.72. The molecule has 0 radical (unpaired) electrons. The van der Waals surface area contributed by atoms with Crippen LogP contribution in [0.25, 0.3) is 11.0 Å². The molecule has 3 aromatic carbocycles. The summed E-state index contributed by atoms with van der Waals surface area (Å²) in [6, 6.07) is 21.2. The Morgan fingerprint density at radius 1 is 0.969 bits per heavy atom. The Morgan fingerprint density at radius 2 is 1.72 bits per heavy atom. The van der Waals surface area contributed by atoms with Crippen LogP contribution in [0.15, 0.2) is 71.1 Å². The lowest BCUT2D eigenvalue weighted by Crippen LogP contribution is -1.99. The number of furan rings is 1. The summed E-state index contributed by atoms with van der Waals surface area (Å²) >= 11 is 9.68. The molecule has 4 rings (SSSR count). The molecular formula is C25H20BrClO5. The normalized spacial score (nSPS) is 11.8. The molecule has 1 atom stereocenters. The van der Waals surface area contributed by atoms with E-state index in [1.165, 1.54) is 7.11 Å². The van der Waals surface area contributed by atoms with Crippen molar-refractivity contribution in [3.8, 4) is 17.2 Å². The number of halogens is 2. The van der Waals surface area contributed by atoms with Gasteiger partial charge < -0.3 is 23.4 Å². The second kappa shape index (κ2) is 10.1. The highest BCUT2D eigenvalue weighted by molar-refractivity contribution is 9.09. The topological polar surface area (TPSA) is 57.9 Å². The minimum atomic E-state index is -0.580. The molecule has 164 valence electrons. The third-order valence-corrected chi connectivity index (χ3v) is 5.87. The maximum absolute atomic E-state index is 11.2. The highest BCUT2D eigenvalue weighted by Crippen LogP contribution is 2.42. The maximum atomic E-state index is 11.2. The Morgan fingerprint density at radius 3 is 2.47 bits per heavy atom. The first-order valence-electron chi connectivity index (χ1n) is 9.86. The molecule has 0 saturated carbocycles. The minimum Gasteiger partial charge on any atom is -0.495 e. The molecule has 0 aliphatic rings. The van der Waals surface area contributed by atoms with Crippen molar-refractivity contribution < 1.29 is 23.4 Å². The third-order valence-electron chi connectivity index (χ3n) is 4.85. The molecule has 0 amide bonds. The van der Waals surface area contributed by atoms with E-state index in [1.54, 1.807) is 12.1 Å². The Bertz CT molecular complexity index is 1220. The number of fused-ring (bicyclic) bond motifs is 1. The summed E-state index contributed by atoms with van der Waals surface area (Å²) in [4.78, 5) is 10.6. The van der Waals surface area contributed by atoms with Gasteiger partial charge >= 0.3 is 0 Å². The van der Waals surface area contributed by atoms with Gasteiger partial charge in [-0.3, -0.25) is 0 Å². The van der Waals surface area contributed by atoms with Crippen molar-refractivity contribution in [1.82, 2.24) is 0 Å². The largest absolute Gasteiger partial charge is 0.495 e. The van der Waals surface area contributed by atoms with Crippen molar-refractivity contribution in [2.24, 2.45) is 0 Å². The predicted molar refractivity (Wildman–Crippen MR) is 127 cm³/mol. The molecule has 0 aliphatic heterocycles. The summed E-state index contributed by atoms with van der Waals surface area (Å²) < 4.78 is 23.1. The van der Waals surface area contributed by atoms with E-state index in [0.29, 0.717) is 46.5 Å². The first kappa shape index (κ1) is 22.2. The molecule has 1 unspecified atom stereocenters. The molecule has 1 aromatic heterocycles. The van der Waals surface area contributed by atoms with E-state index in [2.05, 4.69) is 15.9 Å². The number of methoxy groups -OCH3 is 1. The molecule has 0 saturated heterocycles. The van der Waals surface area contributed by atoms with Gasteiger partial charge in [0.2, 0.25) is 0 Å². The van der Waals surface area contributed by atoms with Crippen LogP contribution in [-0.2, 0) is 18.0 Å². The van der Waals surface area contributed by atoms with Gasteiger partial charge in [-0.1, -0.05) is 70.0 Å². The van der Waals surface area contributed by atoms with Crippen molar-refractivity contribution in [3.63, 3.8) is 0 Å². The van der Waals surface area contributed by atoms with Crippen LogP contribution >= 0.6 is 27.5 Å². The smallest absolute Gasteiger partial charge is 0.160 e. The molecule has 0 N–H and O–H groups in total. The second-order valence-corrected chi connectivity index (χ2v) is 8.40. The number of rotatable bonds is 9. The third kappa shape index (κ3) is 4.92. The van der Waals surface area contributed by atoms with Crippen molar-refractivity contribution in [3.05, 3.63) is 88.6 Å². The molecule has 0 aliphatic carbocycles. The number of hydrogen-bond acceptors (Lipinski definition) is 5. The number of alkyl halides is 1. The summed E-state index contributed by atoms with van der Waals surface area (Å²) in [5, 5.41) is 0.983. The molecule has 4 aromatic rings. The lowest BCUT2D eigenvalue weighted by molar-refractivity contribution is -0.107. The Kier molecular flexibility index (Phi) is 7.02. The number of carbonyl (C=O) groups is 1. The van der Waals surface area contributed by atoms with Gasteiger partial charge in [0, 0.05) is 6.07 Å². The zero-order valence-electron chi connectivity index (χ0n) is 17.2. The van der Waals surface area contributed by atoms with Crippen LogP contribution in [0, 0.1) is 0 Å². The van der Waals surface area contributed by atoms with Crippen LogP contribution in [-0.4, -0.2) is 13.4 Å². The monoisotopic (exact) mass is 514 g/mol. The molecule has 32 heavy (non-hydrogen) atoms. The SMILES string of the molecule is COc1cc(OCc2cccc(OCc3ccccc3)c2)c2cc(C(Br)C=O)oc2c1Cl. The van der Waals surface area contributed by atoms with Crippen LogP contribution in [0.1, 0.15) is 21.7 Å². The number of hydrogen-bond donors (Lipinski definition) is 0. The van der Waals surface area contributed by atoms with Crippen molar-refractivity contribution >= 4 is 44.8 Å². The highest BCUT2D eigenvalue weighted by atomic mass is 79.9. The van der Waals surface area contributed by atoms with E-state index in [0.717, 1.165) is 23.2 Å². The first-order valence-corrected chi connectivity index (χ1v) is 11.2. The number of ether oxygens (including phenoxy) is 3. The Labute approximate surface area is 199 Å². The lowest BCUT2D eigenvalue weighted by Gasteiger charge is -2.12. The van der Waals surface area contributed by atoms with Gasteiger partial charge in [0.05, 0.1) is 12.5 Å². The van der Waals surface area contributed by atoms with Gasteiger partial charge in [0.1, 0.15) is 52.4 Å². The van der Waals surface area contributed by atoms with Gasteiger partial charge in [-0.15, -0.1) is 0 Å². The molecule has 7 heteroatoms. The standard InChI is InChI=1S/C25H20BrClO5/c1-29-23-12-21(19-11-22(20(26)13-28)32-25(19)24(23)27)31-15-17-8-5-9-18(10-17)30-14-16-6-3-2-4-7-16/h2-13,20H,14-15H2,1H3. The average molecular weight is 516 g/mol. The fourth-order valence-electron chi connectivity index (χ4n) is 3.23. The Balaban J connectivity index is 1.54. The number of carbonyl (C=O) groups excluding carboxylic acids is 1. The van der Waals surface area contributed by atoms with E-state index >= 15 is 0 Å². The summed E-state index contributed by atoms with van der Waals surface area (Å²) in [5.41, 5.74) is 2.44. The molecule has 0 bridgehead atoms. The van der Waals surface area contributed by atoms with Crippen molar-refractivity contribution in [2.75, 3.05) is 7.11 Å². The zero-order chi connectivity index (χ0) is 22.5. The van der Waals surface area contributed by atoms with Gasteiger partial charge in [-0.05, 0) is 29.3 Å². The summed E-state index contributed by atoms with van der Waals surface area (Å²) in [6.07, 6.45) is 0.740. The number of aldehydes is 1. The minimum absolute atomic E-state index is 0.300. The van der Waals surface area contributed by atoms with Gasteiger partial charge in [0.25, 0.3) is 0 Å². The quantitative estimate of drug-likeness (QED) is 0.179. The van der Waals surface area contributed by atoms with E-state index in [9.17, 15) is 4.79 Å². The Hall–Kier alpha value is -2.96. The van der Waals surface area contributed by atoms with Crippen molar-refractivity contribution in [2.45, 2.75) is 18.0 Å². The summed E-state index contributed by atoms with van der Waals surface area (Å²) in [5.74, 6) is 2.16. The van der Waals surface area contributed by atoms with E-state index in [1.807, 2.05) is 54.6 Å². The molecule has 0 fully saturated rings. The van der Waals surface area contributed by atoms with Gasteiger partial charge in [-0.2, -0.15) is 0 Å².